The van der Waals surface area contributed by atoms with E-state index in [1.54, 1.807) is 36.8 Å². The van der Waals surface area contributed by atoms with E-state index in [9.17, 15) is 10.1 Å². The summed E-state index contributed by atoms with van der Waals surface area (Å²) < 4.78 is 0. The van der Waals surface area contributed by atoms with E-state index in [-0.39, 0.29) is 11.4 Å². The zero-order valence-corrected chi connectivity index (χ0v) is 14.5. The zero-order chi connectivity index (χ0) is 19.1. The van der Waals surface area contributed by atoms with E-state index in [1.165, 1.54) is 6.07 Å². The minimum absolute atomic E-state index is 0.0379. The predicted molar refractivity (Wildman–Crippen MR) is 107 cm³/mol. The number of aromatic nitrogens is 1. The van der Waals surface area contributed by atoms with E-state index in [0.29, 0.717) is 12.1 Å². The Bertz CT molecular complexity index is 984. The second kappa shape index (κ2) is 8.53. The fourth-order valence-corrected chi connectivity index (χ4v) is 2.61. The highest BCUT2D eigenvalue weighted by atomic mass is 16.6. The lowest BCUT2D eigenvalue weighted by molar-refractivity contribution is -0.385. The van der Waals surface area contributed by atoms with Crippen LogP contribution in [-0.2, 0) is 6.54 Å². The number of nitrogens with zero attached hydrogens (tertiary/aromatic N) is 3. The molecule has 0 saturated carbocycles. The molecule has 3 aromatic rings. The number of rotatable bonds is 6. The lowest BCUT2D eigenvalue weighted by atomic mass is 10.0. The van der Waals surface area contributed by atoms with Gasteiger partial charge in [0.05, 0.1) is 17.0 Å². The number of hydrogen-bond donors (Lipinski definition) is 1. The van der Waals surface area contributed by atoms with Gasteiger partial charge >= 0.3 is 0 Å². The molecule has 0 radical (unpaired) electrons. The molecule has 134 valence electrons. The van der Waals surface area contributed by atoms with E-state index >= 15 is 0 Å². The van der Waals surface area contributed by atoms with Crippen LogP contribution in [0.15, 0.2) is 84.1 Å². The molecule has 0 aliphatic carbocycles. The molecule has 0 amide bonds. The number of hydrogen-bond acceptors (Lipinski definition) is 5. The second-order valence-corrected chi connectivity index (χ2v) is 5.83. The Hall–Kier alpha value is -3.80. The van der Waals surface area contributed by atoms with Crippen LogP contribution in [0.5, 0.6) is 0 Å². The molecule has 6 nitrogen and oxygen atoms in total. The van der Waals surface area contributed by atoms with E-state index in [1.807, 2.05) is 42.5 Å². The fraction of sp³-hybridized carbons (Fsp3) is 0.0476. The van der Waals surface area contributed by atoms with Crippen LogP contribution >= 0.6 is 0 Å². The molecule has 0 aliphatic rings. The SMILES string of the molecule is N/C(=C\C=NCc1cccnc1)c1cc(-c2ccccc2)ccc1[N+](=O)[O-]. The number of allylic oxidation sites excluding steroid dienone is 1. The Balaban J connectivity index is 1.87. The molecule has 27 heavy (non-hydrogen) atoms. The van der Waals surface area contributed by atoms with Crippen LogP contribution < -0.4 is 5.73 Å². The van der Waals surface area contributed by atoms with Crippen LogP contribution in [0.25, 0.3) is 16.8 Å². The van der Waals surface area contributed by atoms with Gasteiger partial charge in [0, 0.05) is 30.4 Å². The first-order valence-electron chi connectivity index (χ1n) is 8.34. The third-order valence-corrected chi connectivity index (χ3v) is 3.97. The van der Waals surface area contributed by atoms with Crippen molar-refractivity contribution in [3.8, 4) is 11.1 Å². The van der Waals surface area contributed by atoms with Gasteiger partial charge in [-0.15, -0.1) is 0 Å². The van der Waals surface area contributed by atoms with Crippen molar-refractivity contribution in [2.75, 3.05) is 0 Å². The standard InChI is InChI=1S/C21H18N4O2/c22-20(10-12-24-15-16-5-4-11-23-14-16)19-13-18(8-9-21(19)25(26)27)17-6-2-1-3-7-17/h1-14H,15,22H2/b20-10-,24-12?. The summed E-state index contributed by atoms with van der Waals surface area (Å²) in [5.41, 5.74) is 9.53. The molecule has 1 heterocycles. The van der Waals surface area contributed by atoms with Gasteiger partial charge in [-0.1, -0.05) is 36.4 Å². The van der Waals surface area contributed by atoms with E-state index in [2.05, 4.69) is 9.98 Å². The molecule has 0 bridgehead atoms. The maximum Gasteiger partial charge on any atom is 0.278 e. The molecule has 0 unspecified atom stereocenters. The minimum atomic E-state index is -0.433. The van der Waals surface area contributed by atoms with E-state index in [4.69, 9.17) is 5.73 Å². The van der Waals surface area contributed by atoms with Crippen molar-refractivity contribution in [1.29, 1.82) is 0 Å². The van der Waals surface area contributed by atoms with Crippen molar-refractivity contribution >= 4 is 17.6 Å². The van der Waals surface area contributed by atoms with Gasteiger partial charge in [0.1, 0.15) is 0 Å². The average Bonchev–Trinajstić information content (AvgIpc) is 2.72. The van der Waals surface area contributed by atoms with Crippen molar-refractivity contribution in [3.05, 3.63) is 100 Å². The zero-order valence-electron chi connectivity index (χ0n) is 14.5. The Morgan fingerprint density at radius 1 is 1.11 bits per heavy atom. The highest BCUT2D eigenvalue weighted by Crippen LogP contribution is 2.29. The summed E-state index contributed by atoms with van der Waals surface area (Å²) in [5.74, 6) is 0. The maximum absolute atomic E-state index is 11.4. The van der Waals surface area contributed by atoms with Gasteiger partial charge in [0.2, 0.25) is 0 Å². The number of nitrogens with two attached hydrogens (primary N) is 1. The molecule has 2 aromatic carbocycles. The van der Waals surface area contributed by atoms with Gasteiger partial charge in [0.25, 0.3) is 5.69 Å². The van der Waals surface area contributed by atoms with Crippen LogP contribution in [0.4, 0.5) is 5.69 Å². The Morgan fingerprint density at radius 2 is 1.93 bits per heavy atom. The highest BCUT2D eigenvalue weighted by Gasteiger charge is 2.16. The highest BCUT2D eigenvalue weighted by molar-refractivity contribution is 5.87. The van der Waals surface area contributed by atoms with Gasteiger partial charge in [-0.3, -0.25) is 20.1 Å². The van der Waals surface area contributed by atoms with Crippen LogP contribution in [0, 0.1) is 10.1 Å². The summed E-state index contributed by atoms with van der Waals surface area (Å²) in [4.78, 5) is 19.2. The molecule has 0 spiro atoms. The maximum atomic E-state index is 11.4. The van der Waals surface area contributed by atoms with Gasteiger partial charge in [0.15, 0.2) is 0 Å². The smallest absolute Gasteiger partial charge is 0.278 e. The molecule has 0 saturated heterocycles. The predicted octanol–water partition coefficient (Wildman–Crippen LogP) is 4.23. The first kappa shape index (κ1) is 18.0. The van der Waals surface area contributed by atoms with Crippen molar-refractivity contribution in [3.63, 3.8) is 0 Å². The summed E-state index contributed by atoms with van der Waals surface area (Å²) in [6, 6.07) is 18.3. The lowest BCUT2D eigenvalue weighted by Gasteiger charge is -2.07. The average molecular weight is 358 g/mol. The quantitative estimate of drug-likeness (QED) is 0.405. The first-order chi connectivity index (χ1) is 13.1. The van der Waals surface area contributed by atoms with Gasteiger partial charge < -0.3 is 5.73 Å². The van der Waals surface area contributed by atoms with Crippen LogP contribution in [0.2, 0.25) is 0 Å². The number of nitro groups is 1. The molecular weight excluding hydrogens is 340 g/mol. The topological polar surface area (TPSA) is 94.4 Å². The fourth-order valence-electron chi connectivity index (χ4n) is 2.61. The Labute approximate surface area is 156 Å². The number of benzene rings is 2. The molecule has 0 atom stereocenters. The molecule has 1 aromatic heterocycles. The number of pyridine rings is 1. The Kier molecular flexibility index (Phi) is 5.69. The summed E-state index contributed by atoms with van der Waals surface area (Å²) in [7, 11) is 0. The number of nitro benzene ring substituents is 1. The monoisotopic (exact) mass is 358 g/mol. The summed E-state index contributed by atoms with van der Waals surface area (Å²) >= 11 is 0. The molecular formula is C21H18N4O2. The van der Waals surface area contributed by atoms with Crippen LogP contribution in [-0.4, -0.2) is 16.1 Å². The molecule has 0 fully saturated rings. The molecule has 2 N–H and O–H groups in total. The third kappa shape index (κ3) is 4.64. The number of aliphatic imine (C=N–C) groups is 1. The second-order valence-electron chi connectivity index (χ2n) is 5.83. The molecule has 3 rings (SSSR count). The van der Waals surface area contributed by atoms with Crippen LogP contribution in [0.1, 0.15) is 11.1 Å². The van der Waals surface area contributed by atoms with Crippen molar-refractivity contribution in [1.82, 2.24) is 4.98 Å². The summed E-state index contributed by atoms with van der Waals surface area (Å²) in [6.07, 6.45) is 6.57. The van der Waals surface area contributed by atoms with Gasteiger partial charge in [-0.2, -0.15) is 0 Å². The van der Waals surface area contributed by atoms with Gasteiger partial charge in [-0.25, -0.2) is 0 Å². The largest absolute Gasteiger partial charge is 0.398 e. The summed E-state index contributed by atoms with van der Waals surface area (Å²) in [6.45, 7) is 0.462. The van der Waals surface area contributed by atoms with Crippen LogP contribution in [0.3, 0.4) is 0 Å². The Morgan fingerprint density at radius 3 is 2.63 bits per heavy atom. The summed E-state index contributed by atoms with van der Waals surface area (Å²) in [5, 5.41) is 11.4. The lowest BCUT2D eigenvalue weighted by Crippen LogP contribution is -2.02. The van der Waals surface area contributed by atoms with Crippen molar-refractivity contribution < 1.29 is 4.92 Å². The van der Waals surface area contributed by atoms with E-state index in [0.717, 1.165) is 16.7 Å². The van der Waals surface area contributed by atoms with Crippen molar-refractivity contribution in [2.24, 2.45) is 10.7 Å². The molecule has 6 heteroatoms. The third-order valence-electron chi connectivity index (χ3n) is 3.97. The van der Waals surface area contributed by atoms with E-state index < -0.39 is 4.92 Å². The van der Waals surface area contributed by atoms with Gasteiger partial charge in [-0.05, 0) is 41.0 Å². The molecule has 0 aliphatic heterocycles. The first-order valence-corrected chi connectivity index (χ1v) is 8.34. The van der Waals surface area contributed by atoms with Crippen molar-refractivity contribution in [2.45, 2.75) is 6.54 Å². The normalized spacial score (nSPS) is 11.6. The minimum Gasteiger partial charge on any atom is -0.398 e.